The zero-order valence-corrected chi connectivity index (χ0v) is 15.7. The third-order valence-electron chi connectivity index (χ3n) is 4.89. The lowest BCUT2D eigenvalue weighted by Crippen LogP contribution is -2.36. The van der Waals surface area contributed by atoms with Crippen molar-refractivity contribution in [3.05, 3.63) is 59.4 Å². The quantitative estimate of drug-likeness (QED) is 0.856. The number of carbonyl (C=O) groups is 2. The van der Waals surface area contributed by atoms with E-state index in [4.69, 9.17) is 4.74 Å². The molecule has 2 aromatic rings. The highest BCUT2D eigenvalue weighted by Crippen LogP contribution is 2.30. The maximum absolute atomic E-state index is 14.5. The molecule has 1 N–H and O–H groups in total. The number of hydrogen-bond donors (Lipinski definition) is 1. The summed E-state index contributed by atoms with van der Waals surface area (Å²) in [5.41, 5.74) is 1.05. The number of amides is 1. The molecule has 1 aliphatic heterocycles. The van der Waals surface area contributed by atoms with Crippen molar-refractivity contribution in [2.24, 2.45) is 0 Å². The minimum Gasteiger partial charge on any atom is -0.496 e. The van der Waals surface area contributed by atoms with E-state index in [1.165, 1.54) is 13.2 Å². The van der Waals surface area contributed by atoms with E-state index in [9.17, 15) is 19.1 Å². The van der Waals surface area contributed by atoms with Crippen LogP contribution in [0.1, 0.15) is 22.3 Å². The van der Waals surface area contributed by atoms with Gasteiger partial charge in [0, 0.05) is 32.2 Å². The van der Waals surface area contributed by atoms with Gasteiger partial charge >= 0.3 is 5.97 Å². The molecule has 1 saturated heterocycles. The standard InChI is InChI=1S/C21H23FN2O4/c1-28-19-14-18(17(22)13-16(19)21(26)27)23-8-5-9-24(11-10-23)20(25)12-15-6-3-2-4-7-15/h2-4,6-7,13-14H,5,8-12H2,1H3,(H,26,27). The Labute approximate surface area is 163 Å². The topological polar surface area (TPSA) is 70.1 Å². The second-order valence-corrected chi connectivity index (χ2v) is 6.69. The van der Waals surface area contributed by atoms with E-state index in [1.54, 1.807) is 4.90 Å². The first kappa shape index (κ1) is 19.7. The molecule has 2 aromatic carbocycles. The van der Waals surface area contributed by atoms with Crippen LogP contribution >= 0.6 is 0 Å². The van der Waals surface area contributed by atoms with Crippen LogP contribution in [0.5, 0.6) is 5.75 Å². The lowest BCUT2D eigenvalue weighted by atomic mass is 10.1. The van der Waals surface area contributed by atoms with Gasteiger partial charge in [-0.3, -0.25) is 4.79 Å². The van der Waals surface area contributed by atoms with Crippen molar-refractivity contribution in [2.45, 2.75) is 12.8 Å². The third-order valence-corrected chi connectivity index (χ3v) is 4.89. The summed E-state index contributed by atoms with van der Waals surface area (Å²) >= 11 is 0. The van der Waals surface area contributed by atoms with E-state index in [0.717, 1.165) is 11.6 Å². The predicted octanol–water partition coefficient (Wildman–Crippen LogP) is 2.81. The number of methoxy groups -OCH3 is 1. The van der Waals surface area contributed by atoms with Crippen LogP contribution in [0, 0.1) is 5.82 Å². The number of anilines is 1. The summed E-state index contributed by atoms with van der Waals surface area (Å²) in [6.45, 7) is 2.12. The molecular formula is C21H23FN2O4. The number of benzene rings is 2. The molecule has 0 radical (unpaired) electrons. The number of rotatable bonds is 5. The van der Waals surface area contributed by atoms with Gasteiger partial charge in [0.15, 0.2) is 0 Å². The fraction of sp³-hybridized carbons (Fsp3) is 0.333. The minimum absolute atomic E-state index is 0.0485. The van der Waals surface area contributed by atoms with Gasteiger partial charge in [-0.25, -0.2) is 9.18 Å². The molecule has 0 unspecified atom stereocenters. The molecule has 6 nitrogen and oxygen atoms in total. The molecule has 0 atom stereocenters. The van der Waals surface area contributed by atoms with Gasteiger partial charge in [0.25, 0.3) is 0 Å². The number of carbonyl (C=O) groups excluding carboxylic acids is 1. The van der Waals surface area contributed by atoms with Crippen molar-refractivity contribution in [1.29, 1.82) is 0 Å². The van der Waals surface area contributed by atoms with Crippen LogP contribution in [0.2, 0.25) is 0 Å². The van der Waals surface area contributed by atoms with E-state index in [0.29, 0.717) is 44.7 Å². The Bertz CT molecular complexity index is 857. The molecule has 0 aromatic heterocycles. The molecule has 7 heteroatoms. The Kier molecular flexibility index (Phi) is 6.13. The molecule has 0 saturated carbocycles. The van der Waals surface area contributed by atoms with Gasteiger partial charge in [0.2, 0.25) is 5.91 Å². The molecule has 0 aliphatic carbocycles. The highest BCUT2D eigenvalue weighted by Gasteiger charge is 2.23. The number of aromatic carboxylic acids is 1. The van der Waals surface area contributed by atoms with E-state index < -0.39 is 11.8 Å². The van der Waals surface area contributed by atoms with E-state index in [-0.39, 0.29) is 17.2 Å². The maximum atomic E-state index is 14.5. The number of carboxylic acids is 1. The largest absolute Gasteiger partial charge is 0.496 e. The summed E-state index contributed by atoms with van der Waals surface area (Å²) in [4.78, 5) is 27.5. The van der Waals surface area contributed by atoms with Gasteiger partial charge in [-0.2, -0.15) is 0 Å². The number of hydrogen-bond acceptors (Lipinski definition) is 4. The van der Waals surface area contributed by atoms with Crippen LogP contribution < -0.4 is 9.64 Å². The first-order valence-corrected chi connectivity index (χ1v) is 9.17. The highest BCUT2D eigenvalue weighted by molar-refractivity contribution is 5.91. The average Bonchev–Trinajstić information content (AvgIpc) is 2.94. The Hall–Kier alpha value is -3.09. The zero-order chi connectivity index (χ0) is 20.1. The van der Waals surface area contributed by atoms with Crippen LogP contribution in [-0.4, -0.2) is 55.2 Å². The van der Waals surface area contributed by atoms with Crippen LogP contribution in [0.4, 0.5) is 10.1 Å². The van der Waals surface area contributed by atoms with E-state index >= 15 is 0 Å². The summed E-state index contributed by atoms with van der Waals surface area (Å²) in [5.74, 6) is -1.68. The predicted molar refractivity (Wildman–Crippen MR) is 103 cm³/mol. The number of carboxylic acid groups (broad SMARTS) is 1. The Morgan fingerprint density at radius 1 is 1.11 bits per heavy atom. The van der Waals surface area contributed by atoms with Crippen LogP contribution in [0.3, 0.4) is 0 Å². The fourth-order valence-electron chi connectivity index (χ4n) is 3.41. The average molecular weight is 386 g/mol. The van der Waals surface area contributed by atoms with E-state index in [2.05, 4.69) is 0 Å². The SMILES string of the molecule is COc1cc(N2CCCN(C(=O)Cc3ccccc3)CC2)c(F)cc1C(=O)O. The molecular weight excluding hydrogens is 363 g/mol. The maximum Gasteiger partial charge on any atom is 0.339 e. The van der Waals surface area contributed by atoms with Crippen molar-refractivity contribution >= 4 is 17.6 Å². The molecule has 28 heavy (non-hydrogen) atoms. The normalized spacial score (nSPS) is 14.5. The van der Waals surface area contributed by atoms with E-state index in [1.807, 2.05) is 35.2 Å². The van der Waals surface area contributed by atoms with Crippen LogP contribution in [-0.2, 0) is 11.2 Å². The first-order chi connectivity index (χ1) is 13.5. The van der Waals surface area contributed by atoms with Crippen molar-refractivity contribution in [3.8, 4) is 5.75 Å². The van der Waals surface area contributed by atoms with Crippen molar-refractivity contribution in [3.63, 3.8) is 0 Å². The van der Waals surface area contributed by atoms with Gasteiger partial charge < -0.3 is 19.6 Å². The summed E-state index contributed by atoms with van der Waals surface area (Å²) in [5, 5.41) is 9.18. The molecule has 1 aliphatic rings. The molecule has 1 fully saturated rings. The zero-order valence-electron chi connectivity index (χ0n) is 15.7. The molecule has 0 spiro atoms. The molecule has 0 bridgehead atoms. The van der Waals surface area contributed by atoms with Gasteiger partial charge in [-0.1, -0.05) is 30.3 Å². The summed E-state index contributed by atoms with van der Waals surface area (Å²) < 4.78 is 19.7. The first-order valence-electron chi connectivity index (χ1n) is 9.17. The van der Waals surface area contributed by atoms with Crippen LogP contribution in [0.25, 0.3) is 0 Å². The molecule has 3 rings (SSSR count). The monoisotopic (exact) mass is 386 g/mol. The lowest BCUT2D eigenvalue weighted by Gasteiger charge is -2.25. The molecule has 1 heterocycles. The third kappa shape index (κ3) is 4.42. The van der Waals surface area contributed by atoms with Crippen molar-refractivity contribution < 1.29 is 23.8 Å². The molecule has 148 valence electrons. The van der Waals surface area contributed by atoms with Gasteiger partial charge in [0.1, 0.15) is 17.1 Å². The van der Waals surface area contributed by atoms with Gasteiger partial charge in [0.05, 0.1) is 19.2 Å². The lowest BCUT2D eigenvalue weighted by molar-refractivity contribution is -0.130. The van der Waals surface area contributed by atoms with Crippen molar-refractivity contribution in [1.82, 2.24) is 4.90 Å². The summed E-state index contributed by atoms with van der Waals surface area (Å²) in [7, 11) is 1.36. The number of nitrogens with zero attached hydrogens (tertiary/aromatic N) is 2. The smallest absolute Gasteiger partial charge is 0.339 e. The van der Waals surface area contributed by atoms with Crippen LogP contribution in [0.15, 0.2) is 42.5 Å². The Morgan fingerprint density at radius 3 is 2.54 bits per heavy atom. The Morgan fingerprint density at radius 2 is 1.86 bits per heavy atom. The van der Waals surface area contributed by atoms with Gasteiger partial charge in [-0.05, 0) is 18.1 Å². The second kappa shape index (κ2) is 8.73. The summed E-state index contributed by atoms with van der Waals surface area (Å²) in [6, 6.07) is 12.0. The van der Waals surface area contributed by atoms with Gasteiger partial charge in [-0.15, -0.1) is 0 Å². The Balaban J connectivity index is 1.71. The van der Waals surface area contributed by atoms with Crippen molar-refractivity contribution in [2.75, 3.05) is 38.2 Å². The number of halogens is 1. The summed E-state index contributed by atoms with van der Waals surface area (Å²) in [6.07, 6.45) is 1.04. The second-order valence-electron chi connectivity index (χ2n) is 6.69. The number of ether oxygens (including phenoxy) is 1. The minimum atomic E-state index is -1.24. The highest BCUT2D eigenvalue weighted by atomic mass is 19.1. The fourth-order valence-corrected chi connectivity index (χ4v) is 3.41. The molecule has 1 amide bonds.